The molecule has 1 unspecified atom stereocenters. The van der Waals surface area contributed by atoms with Crippen LogP contribution in [-0.2, 0) is 9.53 Å². The zero-order chi connectivity index (χ0) is 12.5. The number of carbonyl (C=O) groups excluding carboxylic acids is 1. The van der Waals surface area contributed by atoms with Crippen LogP contribution in [0.4, 0.5) is 0 Å². The molecule has 94 valence electrons. The number of methoxy groups -OCH3 is 1. The lowest BCUT2D eigenvalue weighted by Crippen LogP contribution is -2.22. The molecule has 0 aliphatic rings. The second-order valence-corrected chi connectivity index (χ2v) is 4.01. The number of hydrogen-bond donors (Lipinski definition) is 1. The van der Waals surface area contributed by atoms with Crippen LogP contribution in [0.5, 0.6) is 0 Å². The highest BCUT2D eigenvalue weighted by molar-refractivity contribution is 5.69. The van der Waals surface area contributed by atoms with E-state index in [9.17, 15) is 4.79 Å². The van der Waals surface area contributed by atoms with Gasteiger partial charge in [-0.15, -0.1) is 0 Å². The molecule has 0 aliphatic heterocycles. The van der Waals surface area contributed by atoms with E-state index in [-0.39, 0.29) is 5.97 Å². The maximum atomic E-state index is 10.9. The Kier molecular flexibility index (Phi) is 6.33. The summed E-state index contributed by atoms with van der Waals surface area (Å²) in [6.45, 7) is 2.99. The fourth-order valence-corrected chi connectivity index (χ4v) is 1.79. The molecule has 0 aromatic heterocycles. The molecule has 0 heterocycles. The normalized spacial score (nSPS) is 12.1. The minimum Gasteiger partial charge on any atom is -0.469 e. The van der Waals surface area contributed by atoms with Crippen molar-refractivity contribution in [1.29, 1.82) is 0 Å². The SMILES string of the molecule is CCC(NCCCC(=O)OC)c1ccccc1. The zero-order valence-electron chi connectivity index (χ0n) is 10.6. The van der Waals surface area contributed by atoms with Crippen molar-refractivity contribution in [3.8, 4) is 0 Å². The molecular formula is C14H21NO2. The third-order valence-electron chi connectivity index (χ3n) is 2.79. The first-order valence-corrected chi connectivity index (χ1v) is 6.13. The van der Waals surface area contributed by atoms with Crippen LogP contribution in [0.3, 0.4) is 0 Å². The van der Waals surface area contributed by atoms with Crippen molar-refractivity contribution < 1.29 is 9.53 Å². The van der Waals surface area contributed by atoms with E-state index >= 15 is 0 Å². The van der Waals surface area contributed by atoms with Gasteiger partial charge in [0.25, 0.3) is 0 Å². The number of esters is 1. The van der Waals surface area contributed by atoms with Crippen LogP contribution in [0.15, 0.2) is 30.3 Å². The summed E-state index contributed by atoms with van der Waals surface area (Å²) in [6, 6.07) is 10.7. The predicted octanol–water partition coefficient (Wildman–Crippen LogP) is 2.68. The van der Waals surface area contributed by atoms with Gasteiger partial charge in [-0.1, -0.05) is 37.3 Å². The van der Waals surface area contributed by atoms with Gasteiger partial charge < -0.3 is 10.1 Å². The van der Waals surface area contributed by atoms with Crippen LogP contribution < -0.4 is 5.32 Å². The molecule has 0 spiro atoms. The Morgan fingerprint density at radius 1 is 1.35 bits per heavy atom. The van der Waals surface area contributed by atoms with Crippen LogP contribution in [-0.4, -0.2) is 19.6 Å². The van der Waals surface area contributed by atoms with Crippen molar-refractivity contribution in [1.82, 2.24) is 5.32 Å². The van der Waals surface area contributed by atoms with Gasteiger partial charge in [-0.3, -0.25) is 4.79 Å². The summed E-state index contributed by atoms with van der Waals surface area (Å²) in [6.07, 6.45) is 2.34. The van der Waals surface area contributed by atoms with Crippen molar-refractivity contribution >= 4 is 5.97 Å². The number of nitrogens with one attached hydrogen (secondary N) is 1. The fourth-order valence-electron chi connectivity index (χ4n) is 1.79. The van der Waals surface area contributed by atoms with E-state index in [0.717, 1.165) is 19.4 Å². The molecule has 1 N–H and O–H groups in total. The standard InChI is InChI=1S/C14H21NO2/c1-3-13(12-8-5-4-6-9-12)15-11-7-10-14(16)17-2/h4-6,8-9,13,15H,3,7,10-11H2,1-2H3. The molecule has 0 bridgehead atoms. The molecule has 0 radical (unpaired) electrons. The van der Waals surface area contributed by atoms with E-state index in [4.69, 9.17) is 0 Å². The highest BCUT2D eigenvalue weighted by Gasteiger charge is 2.07. The maximum absolute atomic E-state index is 10.9. The molecule has 3 heteroatoms. The molecule has 1 aromatic carbocycles. The third-order valence-corrected chi connectivity index (χ3v) is 2.79. The number of carbonyl (C=O) groups is 1. The molecule has 1 rings (SSSR count). The first-order valence-electron chi connectivity index (χ1n) is 6.13. The second kappa shape index (κ2) is 7.85. The van der Waals surface area contributed by atoms with Crippen molar-refractivity contribution in [2.24, 2.45) is 0 Å². The lowest BCUT2D eigenvalue weighted by molar-refractivity contribution is -0.140. The fraction of sp³-hybridized carbons (Fsp3) is 0.500. The monoisotopic (exact) mass is 235 g/mol. The summed E-state index contributed by atoms with van der Waals surface area (Å²) in [5, 5.41) is 3.46. The smallest absolute Gasteiger partial charge is 0.305 e. The number of hydrogen-bond acceptors (Lipinski definition) is 3. The highest BCUT2D eigenvalue weighted by atomic mass is 16.5. The van der Waals surface area contributed by atoms with E-state index in [1.165, 1.54) is 12.7 Å². The zero-order valence-corrected chi connectivity index (χ0v) is 10.6. The molecule has 0 amide bonds. The highest BCUT2D eigenvalue weighted by Crippen LogP contribution is 2.15. The topological polar surface area (TPSA) is 38.3 Å². The first kappa shape index (κ1) is 13.7. The summed E-state index contributed by atoms with van der Waals surface area (Å²) in [5.41, 5.74) is 1.30. The Bertz CT molecular complexity index is 324. The van der Waals surface area contributed by atoms with Crippen LogP contribution in [0, 0.1) is 0 Å². The average molecular weight is 235 g/mol. The summed E-state index contributed by atoms with van der Waals surface area (Å²) >= 11 is 0. The van der Waals surface area contributed by atoms with Crippen LogP contribution >= 0.6 is 0 Å². The molecular weight excluding hydrogens is 214 g/mol. The summed E-state index contributed by atoms with van der Waals surface area (Å²) in [5.74, 6) is -0.139. The first-order chi connectivity index (χ1) is 8.27. The molecule has 0 fully saturated rings. The Labute approximate surface area is 103 Å². The quantitative estimate of drug-likeness (QED) is 0.583. The van der Waals surface area contributed by atoms with E-state index in [0.29, 0.717) is 12.5 Å². The Morgan fingerprint density at radius 2 is 2.06 bits per heavy atom. The second-order valence-electron chi connectivity index (χ2n) is 4.01. The van der Waals surface area contributed by atoms with Crippen molar-refractivity contribution in [2.75, 3.05) is 13.7 Å². The van der Waals surface area contributed by atoms with Crippen LogP contribution in [0.25, 0.3) is 0 Å². The van der Waals surface area contributed by atoms with E-state index in [1.54, 1.807) is 0 Å². The van der Waals surface area contributed by atoms with Gasteiger partial charge in [0, 0.05) is 12.5 Å². The molecule has 3 nitrogen and oxygen atoms in total. The molecule has 0 saturated carbocycles. The summed E-state index contributed by atoms with van der Waals surface area (Å²) in [4.78, 5) is 10.9. The largest absolute Gasteiger partial charge is 0.469 e. The lowest BCUT2D eigenvalue weighted by Gasteiger charge is -2.17. The van der Waals surface area contributed by atoms with Gasteiger partial charge >= 0.3 is 5.97 Å². The molecule has 1 aromatic rings. The van der Waals surface area contributed by atoms with Crippen LogP contribution in [0.1, 0.15) is 37.8 Å². The number of ether oxygens (including phenoxy) is 1. The summed E-state index contributed by atoms with van der Waals surface area (Å²) in [7, 11) is 1.43. The van der Waals surface area contributed by atoms with Crippen molar-refractivity contribution in [2.45, 2.75) is 32.2 Å². The summed E-state index contributed by atoms with van der Waals surface area (Å²) < 4.78 is 4.60. The molecule has 17 heavy (non-hydrogen) atoms. The van der Waals surface area contributed by atoms with E-state index < -0.39 is 0 Å². The minimum atomic E-state index is -0.139. The third kappa shape index (κ3) is 5.00. The van der Waals surface area contributed by atoms with Gasteiger partial charge in [0.15, 0.2) is 0 Å². The molecule has 0 saturated heterocycles. The number of rotatable bonds is 7. The Hall–Kier alpha value is -1.35. The molecule has 0 aliphatic carbocycles. The van der Waals surface area contributed by atoms with Gasteiger partial charge in [-0.05, 0) is 24.9 Å². The van der Waals surface area contributed by atoms with E-state index in [1.807, 2.05) is 18.2 Å². The van der Waals surface area contributed by atoms with Gasteiger partial charge in [0.1, 0.15) is 0 Å². The number of benzene rings is 1. The maximum Gasteiger partial charge on any atom is 0.305 e. The van der Waals surface area contributed by atoms with Crippen LogP contribution in [0.2, 0.25) is 0 Å². The predicted molar refractivity (Wildman–Crippen MR) is 68.7 cm³/mol. The van der Waals surface area contributed by atoms with Crippen molar-refractivity contribution in [3.63, 3.8) is 0 Å². The molecule has 1 atom stereocenters. The average Bonchev–Trinajstić information content (AvgIpc) is 2.39. The van der Waals surface area contributed by atoms with Crippen molar-refractivity contribution in [3.05, 3.63) is 35.9 Å². The Balaban J connectivity index is 2.31. The van der Waals surface area contributed by atoms with Gasteiger partial charge in [0.2, 0.25) is 0 Å². The van der Waals surface area contributed by atoms with Gasteiger partial charge in [0.05, 0.1) is 7.11 Å². The van der Waals surface area contributed by atoms with Gasteiger partial charge in [-0.2, -0.15) is 0 Å². The lowest BCUT2D eigenvalue weighted by atomic mass is 10.0. The Morgan fingerprint density at radius 3 is 2.65 bits per heavy atom. The van der Waals surface area contributed by atoms with Gasteiger partial charge in [-0.25, -0.2) is 0 Å². The minimum absolute atomic E-state index is 0.139. The van der Waals surface area contributed by atoms with E-state index in [2.05, 4.69) is 29.1 Å².